The van der Waals surface area contributed by atoms with E-state index in [1.807, 2.05) is 0 Å². The summed E-state index contributed by atoms with van der Waals surface area (Å²) in [6, 6.07) is 9.97. The molecule has 13 heteroatoms. The predicted molar refractivity (Wildman–Crippen MR) is 119 cm³/mol. The number of halogens is 2. The summed E-state index contributed by atoms with van der Waals surface area (Å²) in [5.74, 6) is -0.486. The Bertz CT molecular complexity index is 1340. The van der Waals surface area contributed by atoms with Gasteiger partial charge in [-0.05, 0) is 36.4 Å². The molecular weight excluding hydrogens is 497 g/mol. The molecule has 4 rings (SSSR count). The molecule has 152 valence electrons. The SMILES string of the molecule is O=S(=O)(Cc1nc2ccc(Cl)cc2s1)CS(=O)(=O)Nc1nc2ccc(Cl)cc2s1. The van der Waals surface area contributed by atoms with Gasteiger partial charge in [-0.15, -0.1) is 11.3 Å². The fraction of sp³-hybridized carbons (Fsp3) is 0.125. The van der Waals surface area contributed by atoms with Gasteiger partial charge in [0.05, 0.1) is 20.4 Å². The van der Waals surface area contributed by atoms with Crippen LogP contribution in [-0.4, -0.2) is 31.9 Å². The summed E-state index contributed by atoms with van der Waals surface area (Å²) in [4.78, 5) is 8.37. The van der Waals surface area contributed by atoms with E-state index in [0.29, 0.717) is 30.8 Å². The minimum Gasteiger partial charge on any atom is -0.258 e. The average Bonchev–Trinajstić information content (AvgIpc) is 3.13. The molecule has 0 atom stereocenters. The first-order chi connectivity index (χ1) is 13.6. The Hall–Kier alpha value is -1.50. The molecule has 0 spiro atoms. The van der Waals surface area contributed by atoms with Crippen LogP contribution in [0.2, 0.25) is 10.0 Å². The second-order valence-corrected chi connectivity index (χ2v) is 13.2. The van der Waals surface area contributed by atoms with Crippen molar-refractivity contribution in [2.45, 2.75) is 5.75 Å². The van der Waals surface area contributed by atoms with Gasteiger partial charge in [-0.1, -0.05) is 34.5 Å². The summed E-state index contributed by atoms with van der Waals surface area (Å²) >= 11 is 14.1. The van der Waals surface area contributed by atoms with Crippen LogP contribution in [-0.2, 0) is 25.6 Å². The standard InChI is InChI=1S/C16H11Cl2N3O4S4/c17-9-1-3-11-13(5-9)26-15(19-11)7-28(22,23)8-29(24,25)21-16-20-12-4-2-10(18)6-14(12)27-16/h1-6H,7-8H2,(H,20,21). The lowest BCUT2D eigenvalue weighted by molar-refractivity contribution is 0.591. The molecule has 0 aliphatic rings. The van der Waals surface area contributed by atoms with Crippen molar-refractivity contribution in [2.75, 3.05) is 9.81 Å². The van der Waals surface area contributed by atoms with Gasteiger partial charge < -0.3 is 0 Å². The number of hydrogen-bond acceptors (Lipinski definition) is 8. The maximum absolute atomic E-state index is 12.5. The van der Waals surface area contributed by atoms with Gasteiger partial charge in [0.2, 0.25) is 10.0 Å². The fourth-order valence-corrected chi connectivity index (χ4v) is 9.15. The molecule has 0 radical (unpaired) electrons. The van der Waals surface area contributed by atoms with Gasteiger partial charge >= 0.3 is 0 Å². The van der Waals surface area contributed by atoms with Crippen molar-refractivity contribution >= 4 is 91.3 Å². The minimum absolute atomic E-state index is 0.0760. The monoisotopic (exact) mass is 507 g/mol. The van der Waals surface area contributed by atoms with E-state index in [1.54, 1.807) is 36.4 Å². The summed E-state index contributed by atoms with van der Waals surface area (Å²) in [5, 5.41) is 0.307. The number of nitrogens with zero attached hydrogens (tertiary/aromatic N) is 2. The van der Waals surface area contributed by atoms with Gasteiger partial charge in [0.1, 0.15) is 10.8 Å². The Balaban J connectivity index is 1.51. The Morgan fingerprint density at radius 1 is 0.862 bits per heavy atom. The van der Waals surface area contributed by atoms with E-state index in [4.69, 9.17) is 23.2 Å². The first-order valence-electron chi connectivity index (χ1n) is 7.91. The maximum Gasteiger partial charge on any atom is 0.249 e. The minimum atomic E-state index is -4.17. The number of hydrogen-bond donors (Lipinski definition) is 1. The number of sulfonamides is 1. The van der Waals surface area contributed by atoms with E-state index in [1.165, 1.54) is 0 Å². The number of fused-ring (bicyclic) bond motifs is 2. The number of sulfone groups is 1. The molecule has 0 saturated heterocycles. The third kappa shape index (κ3) is 4.98. The highest BCUT2D eigenvalue weighted by Gasteiger charge is 2.25. The second-order valence-electron chi connectivity index (χ2n) is 6.07. The van der Waals surface area contributed by atoms with Gasteiger partial charge in [-0.2, -0.15) is 0 Å². The van der Waals surface area contributed by atoms with Crippen molar-refractivity contribution in [3.05, 3.63) is 51.5 Å². The summed E-state index contributed by atoms with van der Waals surface area (Å²) < 4.78 is 53.3. The average molecular weight is 508 g/mol. The van der Waals surface area contributed by atoms with Crippen LogP contribution in [0.25, 0.3) is 20.4 Å². The van der Waals surface area contributed by atoms with Crippen LogP contribution >= 0.6 is 45.9 Å². The Labute approximate surface area is 184 Å². The van der Waals surface area contributed by atoms with Crippen LogP contribution in [0.15, 0.2) is 36.4 Å². The highest BCUT2D eigenvalue weighted by atomic mass is 35.5. The molecule has 2 aromatic heterocycles. The molecule has 0 aliphatic heterocycles. The van der Waals surface area contributed by atoms with Gasteiger partial charge in [-0.25, -0.2) is 26.8 Å². The van der Waals surface area contributed by atoms with Crippen LogP contribution in [0.4, 0.5) is 5.13 Å². The van der Waals surface area contributed by atoms with Crippen molar-refractivity contribution in [2.24, 2.45) is 0 Å². The number of benzene rings is 2. The van der Waals surface area contributed by atoms with Crippen molar-refractivity contribution < 1.29 is 16.8 Å². The molecule has 0 aliphatic carbocycles. The lowest BCUT2D eigenvalue weighted by Crippen LogP contribution is -2.24. The van der Waals surface area contributed by atoms with Crippen molar-refractivity contribution in [3.63, 3.8) is 0 Å². The Morgan fingerprint density at radius 2 is 1.45 bits per heavy atom. The van der Waals surface area contributed by atoms with Crippen LogP contribution in [0.5, 0.6) is 0 Å². The quantitative estimate of drug-likeness (QED) is 0.410. The molecule has 2 heterocycles. The third-order valence-corrected chi connectivity index (χ3v) is 10.3. The molecule has 4 aromatic rings. The number of anilines is 1. The van der Waals surface area contributed by atoms with Gasteiger partial charge in [-0.3, -0.25) is 4.72 Å². The number of aromatic nitrogens is 2. The van der Waals surface area contributed by atoms with E-state index in [9.17, 15) is 16.8 Å². The summed E-state index contributed by atoms with van der Waals surface area (Å²) in [6.45, 7) is 0. The number of nitrogens with one attached hydrogen (secondary N) is 1. The van der Waals surface area contributed by atoms with E-state index < -0.39 is 30.7 Å². The van der Waals surface area contributed by atoms with Crippen LogP contribution in [0.1, 0.15) is 5.01 Å². The maximum atomic E-state index is 12.5. The molecule has 7 nitrogen and oxygen atoms in total. The topological polar surface area (TPSA) is 106 Å². The first kappa shape index (κ1) is 20.8. The number of thiazole rings is 2. The highest BCUT2D eigenvalue weighted by Crippen LogP contribution is 2.30. The van der Waals surface area contributed by atoms with E-state index in [2.05, 4.69) is 14.7 Å². The third-order valence-electron chi connectivity index (χ3n) is 3.67. The van der Waals surface area contributed by atoms with Crippen LogP contribution in [0.3, 0.4) is 0 Å². The van der Waals surface area contributed by atoms with E-state index in [0.717, 1.165) is 27.4 Å². The normalized spacial score (nSPS) is 12.6. The first-order valence-corrected chi connectivity index (χ1v) is 13.8. The van der Waals surface area contributed by atoms with Crippen molar-refractivity contribution in [3.8, 4) is 0 Å². The Kier molecular flexibility index (Phi) is 5.47. The van der Waals surface area contributed by atoms with Gasteiger partial charge in [0.25, 0.3) is 0 Å². The van der Waals surface area contributed by atoms with Crippen molar-refractivity contribution in [1.82, 2.24) is 9.97 Å². The summed E-state index contributed by atoms with van der Waals surface area (Å²) in [6.07, 6.45) is 0. The Morgan fingerprint density at radius 3 is 2.10 bits per heavy atom. The lowest BCUT2D eigenvalue weighted by atomic mass is 10.3. The molecule has 29 heavy (non-hydrogen) atoms. The lowest BCUT2D eigenvalue weighted by Gasteiger charge is -2.05. The molecule has 0 amide bonds. The van der Waals surface area contributed by atoms with Crippen LogP contribution in [0, 0.1) is 0 Å². The van der Waals surface area contributed by atoms with E-state index >= 15 is 0 Å². The van der Waals surface area contributed by atoms with Crippen LogP contribution < -0.4 is 4.72 Å². The predicted octanol–water partition coefficient (Wildman–Crippen LogP) is 4.53. The zero-order chi connectivity index (χ0) is 20.8. The zero-order valence-corrected chi connectivity index (χ0v) is 19.1. The summed E-state index contributed by atoms with van der Waals surface area (Å²) in [5.41, 5.74) is 1.17. The van der Waals surface area contributed by atoms with Gasteiger partial charge in [0, 0.05) is 10.0 Å². The zero-order valence-electron chi connectivity index (χ0n) is 14.3. The summed E-state index contributed by atoms with van der Waals surface area (Å²) in [7, 11) is -8.16. The molecule has 0 saturated carbocycles. The molecule has 0 bridgehead atoms. The van der Waals surface area contributed by atoms with Crippen molar-refractivity contribution in [1.29, 1.82) is 0 Å². The molecule has 0 unspecified atom stereocenters. The largest absolute Gasteiger partial charge is 0.258 e. The molecule has 0 fully saturated rings. The number of rotatable bonds is 6. The molecular formula is C16H11Cl2N3O4S4. The molecule has 1 N–H and O–H groups in total. The van der Waals surface area contributed by atoms with E-state index in [-0.39, 0.29) is 5.13 Å². The fourth-order valence-electron chi connectivity index (χ4n) is 2.58. The molecule has 2 aromatic carbocycles. The smallest absolute Gasteiger partial charge is 0.249 e. The second kappa shape index (κ2) is 7.64. The highest BCUT2D eigenvalue weighted by molar-refractivity contribution is 8.08. The van der Waals surface area contributed by atoms with Gasteiger partial charge in [0.15, 0.2) is 20.1 Å².